The van der Waals surface area contributed by atoms with Gasteiger partial charge in [0.05, 0.1) is 26.1 Å². The highest BCUT2D eigenvalue weighted by molar-refractivity contribution is 5.92. The molecular formula is C36H44N3O6+. The van der Waals surface area contributed by atoms with Crippen LogP contribution in [-0.2, 0) is 14.3 Å². The molecule has 9 heteroatoms. The van der Waals surface area contributed by atoms with Gasteiger partial charge in [-0.3, -0.25) is 19.4 Å². The molecule has 0 saturated carbocycles. The van der Waals surface area contributed by atoms with E-state index in [2.05, 4.69) is 60.5 Å². The molecule has 1 aliphatic heterocycles. The Bertz CT molecular complexity index is 1520. The van der Waals surface area contributed by atoms with E-state index in [9.17, 15) is 24.8 Å². The summed E-state index contributed by atoms with van der Waals surface area (Å²) in [5.41, 5.74) is 2.60. The Morgan fingerprint density at radius 3 is 2.09 bits per heavy atom. The van der Waals surface area contributed by atoms with E-state index >= 15 is 0 Å². The fourth-order valence-electron chi connectivity index (χ4n) is 6.99. The lowest BCUT2D eigenvalue weighted by atomic mass is 9.64. The molecule has 0 radical (unpaired) electrons. The first-order chi connectivity index (χ1) is 21.3. The van der Waals surface area contributed by atoms with Crippen LogP contribution in [0.15, 0.2) is 96.2 Å². The zero-order valence-corrected chi connectivity index (χ0v) is 27.0. The van der Waals surface area contributed by atoms with Gasteiger partial charge in [0.2, 0.25) is 0 Å². The number of nitrogens with zero attached hydrogens (tertiary/aromatic N) is 3. The van der Waals surface area contributed by atoms with Crippen molar-refractivity contribution in [3.05, 3.63) is 123 Å². The Kier molecular flexibility index (Phi) is 10.3. The molecule has 0 fully saturated rings. The average Bonchev–Trinajstić information content (AvgIpc) is 3.03. The van der Waals surface area contributed by atoms with Crippen molar-refractivity contribution in [1.82, 2.24) is 4.90 Å². The molecule has 1 unspecified atom stereocenters. The molecule has 1 aliphatic rings. The lowest BCUT2D eigenvalue weighted by Crippen LogP contribution is -2.67. The minimum atomic E-state index is -1.16. The smallest absolute Gasteiger partial charge is 0.337 e. The van der Waals surface area contributed by atoms with Crippen molar-refractivity contribution in [2.24, 2.45) is 5.92 Å². The fourth-order valence-corrected chi connectivity index (χ4v) is 6.99. The standard InChI is InChI=1S/C36H43N3O6/c1-25-31(34(40)41)32(28-18-13-19-29(24-28)38(43)44)33(35(42)45-6)36(2,39(25,4)5)21-23-37(3)22-20-30(26-14-9-7-10-15-26)27-16-11-8-12-17-27/h7-19,24,30,32-33H,20-23H2,1-6H3/p+1/t32?,33-,36+/m1/s1. The summed E-state index contributed by atoms with van der Waals surface area (Å²) in [6.45, 7) is 5.23. The molecule has 0 amide bonds. The van der Waals surface area contributed by atoms with Crippen LogP contribution in [0, 0.1) is 16.0 Å². The van der Waals surface area contributed by atoms with E-state index in [0.29, 0.717) is 24.2 Å². The van der Waals surface area contributed by atoms with E-state index in [4.69, 9.17) is 4.74 Å². The number of non-ortho nitro benzene ring substituents is 1. The number of nitro groups is 1. The molecule has 3 atom stereocenters. The van der Waals surface area contributed by atoms with E-state index < -0.39 is 34.2 Å². The number of carbonyl (C=O) groups excluding carboxylic acids is 1. The summed E-state index contributed by atoms with van der Waals surface area (Å²) >= 11 is 0. The predicted octanol–water partition coefficient (Wildman–Crippen LogP) is 6.22. The van der Waals surface area contributed by atoms with Crippen molar-refractivity contribution in [2.75, 3.05) is 41.3 Å². The monoisotopic (exact) mass is 614 g/mol. The van der Waals surface area contributed by atoms with Gasteiger partial charge in [0.15, 0.2) is 0 Å². The molecule has 1 N–H and O–H groups in total. The second-order valence-electron chi connectivity index (χ2n) is 12.7. The van der Waals surface area contributed by atoms with Gasteiger partial charge in [0.1, 0.15) is 22.7 Å². The largest absolute Gasteiger partial charge is 0.478 e. The highest BCUT2D eigenvalue weighted by Crippen LogP contribution is 2.52. The quantitative estimate of drug-likeness (QED) is 0.112. The summed E-state index contributed by atoms with van der Waals surface area (Å²) in [6, 6.07) is 26.9. The number of methoxy groups -OCH3 is 1. The first-order valence-corrected chi connectivity index (χ1v) is 15.2. The molecule has 238 valence electrons. The van der Waals surface area contributed by atoms with Gasteiger partial charge in [-0.25, -0.2) is 4.79 Å². The Morgan fingerprint density at radius 1 is 1.00 bits per heavy atom. The van der Waals surface area contributed by atoms with Crippen molar-refractivity contribution in [3.8, 4) is 0 Å². The molecule has 0 bridgehead atoms. The third-order valence-electron chi connectivity index (χ3n) is 10.1. The maximum absolute atomic E-state index is 13.7. The van der Waals surface area contributed by atoms with E-state index in [1.54, 1.807) is 13.0 Å². The lowest BCUT2D eigenvalue weighted by molar-refractivity contribution is -0.912. The summed E-state index contributed by atoms with van der Waals surface area (Å²) in [6.07, 6.45) is 1.44. The van der Waals surface area contributed by atoms with E-state index in [1.165, 1.54) is 36.4 Å². The second-order valence-corrected chi connectivity index (χ2v) is 12.7. The van der Waals surface area contributed by atoms with Crippen LogP contribution in [0.2, 0.25) is 0 Å². The number of carboxylic acid groups (broad SMARTS) is 1. The number of esters is 1. The molecule has 1 heterocycles. The van der Waals surface area contributed by atoms with E-state index in [0.717, 1.165) is 13.0 Å². The number of ether oxygens (including phenoxy) is 1. The topological polar surface area (TPSA) is 110 Å². The normalized spacial score (nSPS) is 21.2. The third-order valence-corrected chi connectivity index (χ3v) is 10.1. The Balaban J connectivity index is 1.68. The van der Waals surface area contributed by atoms with Crippen LogP contribution in [0.1, 0.15) is 55.2 Å². The van der Waals surface area contributed by atoms with Gasteiger partial charge in [-0.15, -0.1) is 0 Å². The molecular weight excluding hydrogens is 570 g/mol. The molecule has 0 spiro atoms. The van der Waals surface area contributed by atoms with E-state index in [-0.39, 0.29) is 21.7 Å². The molecule has 0 aromatic heterocycles. The third kappa shape index (κ3) is 6.70. The Hall–Kier alpha value is -4.34. The van der Waals surface area contributed by atoms with Gasteiger partial charge >= 0.3 is 11.9 Å². The average molecular weight is 615 g/mol. The Morgan fingerprint density at radius 2 is 1.58 bits per heavy atom. The highest BCUT2D eigenvalue weighted by atomic mass is 16.6. The first kappa shape index (κ1) is 33.6. The van der Waals surface area contributed by atoms with Crippen LogP contribution < -0.4 is 0 Å². The summed E-state index contributed by atoms with van der Waals surface area (Å²) in [5, 5.41) is 22.1. The van der Waals surface area contributed by atoms with Gasteiger partial charge in [-0.1, -0.05) is 72.8 Å². The summed E-state index contributed by atoms with van der Waals surface area (Å²) in [7, 11) is 7.23. The van der Waals surface area contributed by atoms with Crippen molar-refractivity contribution < 1.29 is 28.8 Å². The van der Waals surface area contributed by atoms with Crippen LogP contribution in [0.25, 0.3) is 0 Å². The number of carboxylic acids is 1. The highest BCUT2D eigenvalue weighted by Gasteiger charge is 2.61. The summed E-state index contributed by atoms with van der Waals surface area (Å²) in [5.74, 6) is -3.32. The van der Waals surface area contributed by atoms with Crippen molar-refractivity contribution >= 4 is 17.6 Å². The number of nitro benzene ring substituents is 1. The maximum atomic E-state index is 13.7. The SMILES string of the molecule is COC(=O)[C@H]1C(c2cccc([N+](=O)[O-])c2)C(C(=O)O)=C(C)[N+](C)(C)[C@@]1(C)CCN(C)CCC(c1ccccc1)c1ccccc1. The number of carbonyl (C=O) groups is 2. The number of allylic oxidation sites excluding steroid dienone is 1. The minimum absolute atomic E-state index is 0.0651. The molecule has 4 rings (SSSR count). The Labute approximate surface area is 265 Å². The lowest BCUT2D eigenvalue weighted by Gasteiger charge is -2.55. The van der Waals surface area contributed by atoms with Crippen LogP contribution in [0.3, 0.4) is 0 Å². The number of aliphatic carboxylic acids is 1. The van der Waals surface area contributed by atoms with Gasteiger partial charge in [0, 0.05) is 43.9 Å². The van der Waals surface area contributed by atoms with Gasteiger partial charge in [0.25, 0.3) is 5.69 Å². The van der Waals surface area contributed by atoms with Crippen molar-refractivity contribution in [2.45, 2.75) is 44.1 Å². The van der Waals surface area contributed by atoms with Gasteiger partial charge in [-0.05, 0) is 43.6 Å². The van der Waals surface area contributed by atoms with Crippen molar-refractivity contribution in [3.63, 3.8) is 0 Å². The number of hydrogen-bond acceptors (Lipinski definition) is 6. The van der Waals surface area contributed by atoms with Crippen LogP contribution in [0.5, 0.6) is 0 Å². The maximum Gasteiger partial charge on any atom is 0.337 e. The van der Waals surface area contributed by atoms with Gasteiger partial charge in [-0.2, -0.15) is 0 Å². The molecule has 45 heavy (non-hydrogen) atoms. The first-order valence-electron chi connectivity index (χ1n) is 15.2. The van der Waals surface area contributed by atoms with Gasteiger partial charge < -0.3 is 14.7 Å². The second kappa shape index (κ2) is 13.7. The zero-order valence-electron chi connectivity index (χ0n) is 27.0. The molecule has 0 saturated heterocycles. The number of quaternary nitrogens is 1. The summed E-state index contributed by atoms with van der Waals surface area (Å²) < 4.78 is 5.50. The number of rotatable bonds is 12. The predicted molar refractivity (Wildman–Crippen MR) is 174 cm³/mol. The number of benzene rings is 3. The van der Waals surface area contributed by atoms with Crippen LogP contribution in [-0.4, -0.2) is 78.2 Å². The molecule has 3 aromatic carbocycles. The van der Waals surface area contributed by atoms with Crippen LogP contribution >= 0.6 is 0 Å². The minimum Gasteiger partial charge on any atom is -0.478 e. The molecule has 9 nitrogen and oxygen atoms in total. The summed E-state index contributed by atoms with van der Waals surface area (Å²) in [4.78, 5) is 39.9. The zero-order chi connectivity index (χ0) is 32.9. The fraction of sp³-hybridized carbons (Fsp3) is 0.389. The number of hydrogen-bond donors (Lipinski definition) is 1. The molecule has 3 aromatic rings. The molecule has 0 aliphatic carbocycles. The van der Waals surface area contributed by atoms with Crippen molar-refractivity contribution in [1.29, 1.82) is 0 Å². The van der Waals surface area contributed by atoms with E-state index in [1.807, 2.05) is 33.2 Å². The van der Waals surface area contributed by atoms with Crippen LogP contribution in [0.4, 0.5) is 5.69 Å².